The number of aliphatic hydroxyl groups excluding tert-OH is 2. The number of anilines is 1. The maximum absolute atomic E-state index is 14.3. The molecule has 2 aromatic heterocycles. The first kappa shape index (κ1) is 16.5. The van der Waals surface area contributed by atoms with Crippen molar-refractivity contribution in [1.29, 1.82) is 0 Å². The fourth-order valence-electron chi connectivity index (χ4n) is 4.29. The third-order valence-corrected chi connectivity index (χ3v) is 6.95. The lowest BCUT2D eigenvalue weighted by molar-refractivity contribution is -0.0629. The van der Waals surface area contributed by atoms with Crippen LogP contribution in [0.1, 0.15) is 61.6 Å². The zero-order valence-corrected chi connectivity index (χ0v) is 20.1. The lowest BCUT2D eigenvalue weighted by Gasteiger charge is -2.17. The molecule has 12 heteroatoms. The molecule has 0 unspecified atom stereocenters. The van der Waals surface area contributed by atoms with E-state index < -0.39 is 67.3 Å². The molecule has 0 amide bonds. The van der Waals surface area contributed by atoms with Gasteiger partial charge in [0, 0.05) is 29.5 Å². The van der Waals surface area contributed by atoms with E-state index in [0.29, 0.717) is 22.9 Å². The number of aryl methyl sites for hydroxylation is 1. The van der Waals surface area contributed by atoms with Crippen LogP contribution >= 0.6 is 11.8 Å². The Bertz CT molecular complexity index is 1610. The van der Waals surface area contributed by atoms with Crippen molar-refractivity contribution < 1.29 is 36.8 Å². The molecule has 3 aromatic rings. The second kappa shape index (κ2) is 10.5. The van der Waals surface area contributed by atoms with E-state index in [4.69, 9.17) is 17.1 Å². The van der Waals surface area contributed by atoms with Crippen LogP contribution in [-0.4, -0.2) is 83.4 Å². The number of halogens is 1. The molecule has 194 valence electrons. The first-order valence-corrected chi connectivity index (χ1v) is 12.0. The van der Waals surface area contributed by atoms with E-state index in [2.05, 4.69) is 25.6 Å². The maximum Gasteiger partial charge on any atom is 0.191 e. The van der Waals surface area contributed by atoms with Crippen molar-refractivity contribution in [2.45, 2.75) is 74.5 Å². The normalized spacial score (nSPS) is 34.9. The monoisotopic (exact) mass is 527 g/mol. The topological polar surface area (TPSA) is 138 Å². The summed E-state index contributed by atoms with van der Waals surface area (Å²) >= 11 is 0.357. The van der Waals surface area contributed by atoms with Gasteiger partial charge in [-0.25, -0.2) is 19.0 Å². The Hall–Kier alpha value is -2.38. The number of rotatable bonds is 10. The van der Waals surface area contributed by atoms with Crippen LogP contribution in [0.25, 0.3) is 11.2 Å². The van der Waals surface area contributed by atoms with Crippen LogP contribution in [0.3, 0.4) is 0 Å². The number of hydrogen-bond donors (Lipinski definition) is 4. The number of nitrogens with zero attached hydrogens (tertiary/aromatic N) is 5. The number of aromatic nitrogens is 5. The standard InChI is InChI=1S/C24H31FN6O4S/c1-3-8-36-24-27-22(26-16-10-14(16)13-5-4-12(2)15(25)9-13)19-23(28-24)31(30-29-19)17-11-18(35-7-6-32)21(34)20(17)33/h4-5,9,14,16-18,20-21,32-34H,3,6-8,10-11H2,1-2H3,(H,26,27,28)/t14-,16+,17+,18-,20-,21+/m0/s1/i3D2,6D2,7D2,8D2,16D. The largest absolute Gasteiger partial charge is 0.394 e. The molecule has 0 aliphatic heterocycles. The molecule has 36 heavy (non-hydrogen) atoms. The van der Waals surface area contributed by atoms with Crippen molar-refractivity contribution in [3.8, 4) is 0 Å². The van der Waals surface area contributed by atoms with E-state index in [-0.39, 0.29) is 35.0 Å². The van der Waals surface area contributed by atoms with Crippen LogP contribution in [0.15, 0.2) is 23.4 Å². The van der Waals surface area contributed by atoms with Gasteiger partial charge in [0.2, 0.25) is 0 Å². The Morgan fingerprint density at radius 1 is 1.31 bits per heavy atom. The Balaban J connectivity index is 1.52. The molecule has 5 rings (SSSR count). The van der Waals surface area contributed by atoms with Gasteiger partial charge in [-0.3, -0.25) is 0 Å². The number of nitrogens with one attached hydrogen (secondary N) is 1. The molecule has 0 radical (unpaired) electrons. The van der Waals surface area contributed by atoms with E-state index in [9.17, 15) is 19.7 Å². The van der Waals surface area contributed by atoms with Crippen molar-refractivity contribution in [1.82, 2.24) is 25.0 Å². The molecule has 2 aliphatic carbocycles. The second-order valence-electron chi connectivity index (χ2n) is 8.59. The summed E-state index contributed by atoms with van der Waals surface area (Å²) in [5, 5.41) is 41.8. The Morgan fingerprint density at radius 3 is 2.89 bits per heavy atom. The van der Waals surface area contributed by atoms with Crippen molar-refractivity contribution >= 4 is 28.7 Å². The molecular weight excluding hydrogens is 487 g/mol. The highest BCUT2D eigenvalue weighted by Gasteiger charge is 2.45. The molecule has 0 spiro atoms. The second-order valence-corrected chi connectivity index (χ2v) is 9.36. The van der Waals surface area contributed by atoms with Crippen LogP contribution in [0, 0.1) is 12.7 Å². The lowest BCUT2D eigenvalue weighted by atomic mass is 10.1. The average molecular weight is 528 g/mol. The predicted molar refractivity (Wildman–Crippen MR) is 133 cm³/mol. The van der Waals surface area contributed by atoms with Gasteiger partial charge in [0.05, 0.1) is 32.1 Å². The number of thioether (sulfide) groups is 1. The third-order valence-electron chi connectivity index (χ3n) is 6.28. The van der Waals surface area contributed by atoms with Crippen molar-refractivity contribution in [2.24, 2.45) is 0 Å². The highest BCUT2D eigenvalue weighted by molar-refractivity contribution is 7.99. The fourth-order valence-corrected chi connectivity index (χ4v) is 4.75. The van der Waals surface area contributed by atoms with Gasteiger partial charge in [-0.1, -0.05) is 36.0 Å². The predicted octanol–water partition coefficient (Wildman–Crippen LogP) is 2.18. The minimum absolute atomic E-state index is 0.0279. The summed E-state index contributed by atoms with van der Waals surface area (Å²) in [5.74, 6) is -0.948. The number of ether oxygens (including phenoxy) is 1. The summed E-state index contributed by atoms with van der Waals surface area (Å²) in [6.07, 6.45) is -7.35. The van der Waals surface area contributed by atoms with Crippen molar-refractivity contribution in [3.63, 3.8) is 0 Å². The molecule has 6 atom stereocenters. The van der Waals surface area contributed by atoms with E-state index in [0.717, 1.165) is 11.6 Å². The maximum atomic E-state index is 14.3. The molecular formula is C24H31FN6O4S. The molecule has 2 fully saturated rings. The van der Waals surface area contributed by atoms with Crippen LogP contribution in [0.2, 0.25) is 0 Å². The summed E-state index contributed by atoms with van der Waals surface area (Å²) in [6.45, 7) is -4.03. The van der Waals surface area contributed by atoms with Gasteiger partial charge in [0.15, 0.2) is 22.1 Å². The smallest absolute Gasteiger partial charge is 0.191 e. The van der Waals surface area contributed by atoms with E-state index in [1.54, 1.807) is 19.1 Å². The molecule has 4 N–H and O–H groups in total. The van der Waals surface area contributed by atoms with E-state index in [1.165, 1.54) is 6.07 Å². The minimum atomic E-state index is -3.43. The third kappa shape index (κ3) is 4.92. The molecule has 0 bridgehead atoms. The number of benzene rings is 1. The van der Waals surface area contributed by atoms with Crippen LogP contribution in [0.4, 0.5) is 10.2 Å². The number of fused-ring (bicyclic) bond motifs is 1. The molecule has 1 aromatic carbocycles. The zero-order chi connectivity index (χ0) is 33.5. The van der Waals surface area contributed by atoms with Crippen LogP contribution in [0.5, 0.6) is 0 Å². The molecule has 2 heterocycles. The Morgan fingerprint density at radius 2 is 2.14 bits per heavy atom. The van der Waals surface area contributed by atoms with Gasteiger partial charge in [-0.05, 0) is 36.9 Å². The molecule has 2 saturated carbocycles. The highest BCUT2D eigenvalue weighted by atomic mass is 32.2. The fraction of sp³-hybridized carbons (Fsp3) is 0.583. The van der Waals surface area contributed by atoms with Gasteiger partial charge in [0.1, 0.15) is 18.0 Å². The van der Waals surface area contributed by atoms with Crippen molar-refractivity contribution in [3.05, 3.63) is 35.1 Å². The lowest BCUT2D eigenvalue weighted by Crippen LogP contribution is -2.33. The molecule has 10 nitrogen and oxygen atoms in total. The SMILES string of the molecule is [2H]C([2H])(C)C([2H])([2H])Sc1nc(N[C@]2([2H])C[C@H]2c2ccc(C)c(F)c2)c2nnn([C@@H]3C[C@H](OC([2H])([2H])C([2H])([2H])O)[C@@H](O)[C@H]3O)c2n1. The molecule has 2 aliphatic rings. The van der Waals surface area contributed by atoms with Gasteiger partial charge >= 0.3 is 0 Å². The van der Waals surface area contributed by atoms with Crippen LogP contribution in [-0.2, 0) is 4.74 Å². The van der Waals surface area contributed by atoms with Gasteiger partial charge in [0.25, 0.3) is 0 Å². The first-order chi connectivity index (χ1) is 20.5. The summed E-state index contributed by atoms with van der Waals surface area (Å²) in [6, 6.07) is 2.09. The Labute approximate surface area is 224 Å². The first-order valence-electron chi connectivity index (χ1n) is 15.7. The van der Waals surface area contributed by atoms with Gasteiger partial charge < -0.3 is 25.4 Å². The van der Waals surface area contributed by atoms with E-state index in [1.807, 2.05) is 0 Å². The quantitative estimate of drug-likeness (QED) is 0.229. The summed E-state index contributed by atoms with van der Waals surface area (Å²) in [7, 11) is 0. The highest BCUT2D eigenvalue weighted by Crippen LogP contribution is 2.44. The zero-order valence-electron chi connectivity index (χ0n) is 28.3. The number of hydrogen-bond acceptors (Lipinski definition) is 10. The average Bonchev–Trinajstić information content (AvgIpc) is 3.24. The van der Waals surface area contributed by atoms with Crippen LogP contribution < -0.4 is 5.32 Å². The van der Waals surface area contributed by atoms with Gasteiger partial charge in [-0.2, -0.15) is 0 Å². The summed E-state index contributed by atoms with van der Waals surface area (Å²) in [4.78, 5) is 8.63. The summed E-state index contributed by atoms with van der Waals surface area (Å²) < 4.78 is 91.5. The molecule has 0 saturated heterocycles. The number of aliphatic hydroxyl groups is 3. The van der Waals surface area contributed by atoms with Crippen molar-refractivity contribution in [2.75, 3.05) is 24.1 Å². The van der Waals surface area contributed by atoms with E-state index >= 15 is 0 Å². The van der Waals surface area contributed by atoms with Gasteiger partial charge in [-0.15, -0.1) is 5.10 Å². The minimum Gasteiger partial charge on any atom is -0.394 e. The summed E-state index contributed by atoms with van der Waals surface area (Å²) in [5.41, 5.74) is -1.66. The Kier molecular flexibility index (Phi) is 4.82.